The van der Waals surface area contributed by atoms with Crippen LogP contribution in [0.15, 0.2) is 64.3 Å². The average molecular weight is 414 g/mol. The van der Waals surface area contributed by atoms with Crippen molar-refractivity contribution < 1.29 is 13.2 Å². The Labute approximate surface area is 167 Å². The summed E-state index contributed by atoms with van der Waals surface area (Å²) in [6.45, 7) is 0. The number of thiophene rings is 1. The molecule has 28 heavy (non-hydrogen) atoms. The molecule has 2 aromatic heterocycles. The van der Waals surface area contributed by atoms with Gasteiger partial charge in [-0.05, 0) is 58.3 Å². The van der Waals surface area contributed by atoms with Crippen LogP contribution in [0.3, 0.4) is 0 Å². The van der Waals surface area contributed by atoms with Crippen molar-refractivity contribution in [2.24, 2.45) is 7.05 Å². The highest BCUT2D eigenvalue weighted by Gasteiger charge is 2.25. The Balaban J connectivity index is 1.84. The number of ether oxygens (including phenoxy) is 1. The number of hydrogen-bond acceptors (Lipinski definition) is 5. The van der Waals surface area contributed by atoms with E-state index >= 15 is 0 Å². The zero-order chi connectivity index (χ0) is 19.9. The number of benzene rings is 2. The highest BCUT2D eigenvalue weighted by molar-refractivity contribution is 7.92. The molecule has 0 bridgehead atoms. The zero-order valence-corrected chi connectivity index (χ0v) is 17.3. The molecule has 0 saturated heterocycles. The van der Waals surface area contributed by atoms with E-state index in [2.05, 4.69) is 10.5 Å². The fourth-order valence-electron chi connectivity index (χ4n) is 3.23. The van der Waals surface area contributed by atoms with Gasteiger partial charge in [0.05, 0.1) is 29.4 Å². The maximum absolute atomic E-state index is 13.2. The molecular weight excluding hydrogens is 394 g/mol. The third-order valence-electron chi connectivity index (χ3n) is 4.77. The van der Waals surface area contributed by atoms with Gasteiger partial charge in [-0.3, -0.25) is 8.99 Å². The van der Waals surface area contributed by atoms with Crippen LogP contribution in [-0.4, -0.2) is 32.4 Å². The molecule has 0 fully saturated rings. The van der Waals surface area contributed by atoms with Crippen LogP contribution in [-0.2, 0) is 17.1 Å². The molecule has 0 amide bonds. The third kappa shape index (κ3) is 2.94. The quantitative estimate of drug-likeness (QED) is 0.493. The molecule has 0 aliphatic carbocycles. The minimum atomic E-state index is -3.73. The van der Waals surface area contributed by atoms with Gasteiger partial charge in [0, 0.05) is 19.5 Å². The number of rotatable bonds is 5. The van der Waals surface area contributed by atoms with E-state index in [9.17, 15) is 8.42 Å². The van der Waals surface area contributed by atoms with E-state index in [1.54, 1.807) is 60.6 Å². The van der Waals surface area contributed by atoms with E-state index in [1.165, 1.54) is 4.31 Å². The Morgan fingerprint density at radius 1 is 1.11 bits per heavy atom. The standard InChI is InChI=1S/C20H19N3O3S2/c1-22-20-18(12-21-22)17(14-10-11-27-13-14)8-9-19(20)23(2)28(24,25)16-6-4-15(26-3)5-7-16/h4-13H,1-3H3. The normalized spacial score (nSPS) is 11.7. The van der Waals surface area contributed by atoms with Crippen LogP contribution in [0.1, 0.15) is 0 Å². The van der Waals surface area contributed by atoms with Crippen molar-refractivity contribution in [1.29, 1.82) is 0 Å². The lowest BCUT2D eigenvalue weighted by Crippen LogP contribution is -2.27. The SMILES string of the molecule is COc1ccc(S(=O)(=O)N(C)c2ccc(-c3ccsc3)c3cnn(C)c23)cc1. The van der Waals surface area contributed by atoms with E-state index in [0.717, 1.165) is 22.0 Å². The van der Waals surface area contributed by atoms with Gasteiger partial charge >= 0.3 is 0 Å². The predicted octanol–water partition coefficient (Wildman–Crippen LogP) is 4.14. The zero-order valence-electron chi connectivity index (χ0n) is 15.7. The summed E-state index contributed by atoms with van der Waals surface area (Å²) in [4.78, 5) is 0.202. The Bertz CT molecular complexity index is 1230. The van der Waals surface area contributed by atoms with E-state index < -0.39 is 10.0 Å². The third-order valence-corrected chi connectivity index (χ3v) is 7.24. The number of hydrogen-bond donors (Lipinski definition) is 0. The van der Waals surface area contributed by atoms with Gasteiger partial charge in [0.25, 0.3) is 10.0 Å². The van der Waals surface area contributed by atoms with Crippen LogP contribution in [0.25, 0.3) is 22.0 Å². The van der Waals surface area contributed by atoms with Crippen molar-refractivity contribution in [3.05, 3.63) is 59.4 Å². The molecule has 0 N–H and O–H groups in total. The predicted molar refractivity (Wildman–Crippen MR) is 113 cm³/mol. The second kappa shape index (κ2) is 6.96. The lowest BCUT2D eigenvalue weighted by molar-refractivity contribution is 0.414. The number of nitrogens with zero attached hydrogens (tertiary/aromatic N) is 3. The molecule has 8 heteroatoms. The first-order chi connectivity index (χ1) is 13.4. The summed E-state index contributed by atoms with van der Waals surface area (Å²) in [5.74, 6) is 0.607. The molecule has 144 valence electrons. The summed E-state index contributed by atoms with van der Waals surface area (Å²) < 4.78 is 34.5. The van der Waals surface area contributed by atoms with Crippen LogP contribution >= 0.6 is 11.3 Å². The first kappa shape index (κ1) is 18.5. The number of sulfonamides is 1. The van der Waals surface area contributed by atoms with Crippen molar-refractivity contribution in [2.75, 3.05) is 18.5 Å². The molecule has 0 saturated carbocycles. The van der Waals surface area contributed by atoms with Crippen molar-refractivity contribution in [3.63, 3.8) is 0 Å². The first-order valence-electron chi connectivity index (χ1n) is 8.54. The average Bonchev–Trinajstić information content (AvgIpc) is 3.37. The smallest absolute Gasteiger partial charge is 0.264 e. The fraction of sp³-hybridized carbons (Fsp3) is 0.150. The molecule has 6 nitrogen and oxygen atoms in total. The summed E-state index contributed by atoms with van der Waals surface area (Å²) in [5, 5.41) is 9.37. The molecule has 4 rings (SSSR count). The van der Waals surface area contributed by atoms with Gasteiger partial charge in [-0.2, -0.15) is 16.4 Å². The Morgan fingerprint density at radius 2 is 1.86 bits per heavy atom. The highest BCUT2D eigenvalue weighted by Crippen LogP contribution is 2.36. The topological polar surface area (TPSA) is 64.4 Å². The minimum absolute atomic E-state index is 0.202. The van der Waals surface area contributed by atoms with Gasteiger partial charge < -0.3 is 4.74 Å². The van der Waals surface area contributed by atoms with E-state index in [1.807, 2.05) is 30.6 Å². The monoisotopic (exact) mass is 413 g/mol. The van der Waals surface area contributed by atoms with Gasteiger partial charge in [-0.1, -0.05) is 6.07 Å². The molecule has 0 aliphatic rings. The molecule has 2 aromatic carbocycles. The second-order valence-electron chi connectivity index (χ2n) is 6.32. The summed E-state index contributed by atoms with van der Waals surface area (Å²) in [5.41, 5.74) is 3.46. The van der Waals surface area contributed by atoms with E-state index in [-0.39, 0.29) is 4.90 Å². The molecule has 4 aromatic rings. The second-order valence-corrected chi connectivity index (χ2v) is 9.07. The Hall–Kier alpha value is -2.84. The summed E-state index contributed by atoms with van der Waals surface area (Å²) in [7, 11) is 1.19. The van der Waals surface area contributed by atoms with Crippen molar-refractivity contribution in [2.45, 2.75) is 4.90 Å². The van der Waals surface area contributed by atoms with Crippen molar-refractivity contribution >= 4 is 38.0 Å². The number of fused-ring (bicyclic) bond motifs is 1. The van der Waals surface area contributed by atoms with Crippen LogP contribution in [0.5, 0.6) is 5.75 Å². The minimum Gasteiger partial charge on any atom is -0.497 e. The van der Waals surface area contributed by atoms with Crippen molar-refractivity contribution in [3.8, 4) is 16.9 Å². The molecule has 0 aliphatic heterocycles. The number of aromatic nitrogens is 2. The Morgan fingerprint density at radius 3 is 2.50 bits per heavy atom. The van der Waals surface area contributed by atoms with Gasteiger partial charge in [-0.25, -0.2) is 8.42 Å². The Kier molecular flexibility index (Phi) is 4.60. The van der Waals surface area contributed by atoms with Gasteiger partial charge in [0.15, 0.2) is 0 Å². The van der Waals surface area contributed by atoms with E-state index in [0.29, 0.717) is 11.4 Å². The molecule has 0 spiro atoms. The lowest BCUT2D eigenvalue weighted by atomic mass is 10.0. The maximum Gasteiger partial charge on any atom is 0.264 e. The number of anilines is 1. The number of aryl methyl sites for hydroxylation is 1. The summed E-state index contributed by atoms with van der Waals surface area (Å²) >= 11 is 1.62. The van der Waals surface area contributed by atoms with Crippen molar-refractivity contribution in [1.82, 2.24) is 9.78 Å². The lowest BCUT2D eigenvalue weighted by Gasteiger charge is -2.21. The van der Waals surface area contributed by atoms with Crippen LogP contribution < -0.4 is 9.04 Å². The highest BCUT2D eigenvalue weighted by atomic mass is 32.2. The van der Waals surface area contributed by atoms with Crippen LogP contribution in [0.4, 0.5) is 5.69 Å². The molecule has 0 atom stereocenters. The summed E-state index contributed by atoms with van der Waals surface area (Å²) in [6, 6.07) is 12.2. The fourth-order valence-corrected chi connectivity index (χ4v) is 5.09. The maximum atomic E-state index is 13.2. The molecule has 2 heterocycles. The van der Waals surface area contributed by atoms with Gasteiger partial charge in [0.1, 0.15) is 5.75 Å². The van der Waals surface area contributed by atoms with Gasteiger partial charge in [-0.15, -0.1) is 0 Å². The number of methoxy groups -OCH3 is 1. The van der Waals surface area contributed by atoms with Gasteiger partial charge in [0.2, 0.25) is 0 Å². The molecule has 0 radical (unpaired) electrons. The molecular formula is C20H19N3O3S2. The largest absolute Gasteiger partial charge is 0.497 e. The van der Waals surface area contributed by atoms with Crippen LogP contribution in [0.2, 0.25) is 0 Å². The summed E-state index contributed by atoms with van der Waals surface area (Å²) in [6.07, 6.45) is 1.78. The van der Waals surface area contributed by atoms with Crippen LogP contribution in [0, 0.1) is 0 Å². The molecule has 0 unspecified atom stereocenters. The van der Waals surface area contributed by atoms with E-state index in [4.69, 9.17) is 4.74 Å². The first-order valence-corrected chi connectivity index (χ1v) is 10.9.